The summed E-state index contributed by atoms with van der Waals surface area (Å²) in [6, 6.07) is 19.5. The second-order valence-electron chi connectivity index (χ2n) is 6.51. The molecule has 0 aliphatic rings. The zero-order chi connectivity index (χ0) is 19.9. The van der Waals surface area contributed by atoms with Crippen molar-refractivity contribution in [1.82, 2.24) is 15.1 Å². The van der Waals surface area contributed by atoms with Gasteiger partial charge in [-0.15, -0.1) is 0 Å². The highest BCUT2D eigenvalue weighted by Crippen LogP contribution is 2.24. The monoisotopic (exact) mass is 395 g/mol. The Hall–Kier alpha value is -2.92. The summed E-state index contributed by atoms with van der Waals surface area (Å²) in [7, 11) is 0. The Kier molecular flexibility index (Phi) is 6.61. The van der Waals surface area contributed by atoms with Crippen molar-refractivity contribution in [3.8, 4) is 0 Å². The number of nitrogens with one attached hydrogen (secondary N) is 1. The predicted molar refractivity (Wildman–Crippen MR) is 111 cm³/mol. The summed E-state index contributed by atoms with van der Waals surface area (Å²) >= 11 is 6.15. The van der Waals surface area contributed by atoms with Gasteiger partial charge in [0.1, 0.15) is 5.69 Å². The largest absolute Gasteiger partial charge is 0.340 e. The van der Waals surface area contributed by atoms with E-state index in [1.54, 1.807) is 6.07 Å². The number of unbranched alkanes of at least 4 members (excludes halogenated alkanes) is 1. The fraction of sp³-hybridized carbons (Fsp3) is 0.227. The number of hydrogen-bond donors (Lipinski definition) is 1. The fourth-order valence-corrected chi connectivity index (χ4v) is 3.13. The van der Waals surface area contributed by atoms with Crippen molar-refractivity contribution >= 4 is 17.5 Å². The first-order chi connectivity index (χ1) is 13.6. The molecule has 2 aromatic carbocycles. The number of amides is 1. The smallest absolute Gasteiger partial charge is 0.272 e. The molecule has 1 amide bonds. The Balaban J connectivity index is 1.91. The molecule has 0 saturated heterocycles. The molecule has 3 aromatic rings. The van der Waals surface area contributed by atoms with E-state index in [4.69, 9.17) is 11.6 Å². The fourth-order valence-electron chi connectivity index (χ4n) is 2.93. The van der Waals surface area contributed by atoms with Crippen LogP contribution in [-0.2, 0) is 6.54 Å². The number of aryl methyl sites for hydroxylation is 1. The van der Waals surface area contributed by atoms with Crippen molar-refractivity contribution in [3.63, 3.8) is 0 Å². The number of carbonyl (C=O) groups is 1. The van der Waals surface area contributed by atoms with E-state index in [1.165, 1.54) is 16.8 Å². The second-order valence-corrected chi connectivity index (χ2v) is 6.94. The molecule has 1 unspecified atom stereocenters. The molecular weight excluding hydrogens is 374 g/mol. The number of benzene rings is 2. The van der Waals surface area contributed by atoms with E-state index in [9.17, 15) is 9.59 Å². The lowest BCUT2D eigenvalue weighted by molar-refractivity contribution is 0.0935. The van der Waals surface area contributed by atoms with Gasteiger partial charge in [0.2, 0.25) is 0 Å². The van der Waals surface area contributed by atoms with Gasteiger partial charge in [0.25, 0.3) is 11.5 Å². The van der Waals surface area contributed by atoms with E-state index >= 15 is 0 Å². The van der Waals surface area contributed by atoms with Gasteiger partial charge in [-0.25, -0.2) is 4.68 Å². The third kappa shape index (κ3) is 4.87. The number of carbonyl (C=O) groups excluding carboxylic acids is 1. The maximum atomic E-state index is 12.9. The van der Waals surface area contributed by atoms with Crippen LogP contribution in [0.1, 0.15) is 47.4 Å². The van der Waals surface area contributed by atoms with E-state index in [-0.39, 0.29) is 23.2 Å². The summed E-state index contributed by atoms with van der Waals surface area (Å²) in [5.74, 6) is -0.348. The van der Waals surface area contributed by atoms with E-state index in [0.717, 1.165) is 24.0 Å². The molecule has 1 heterocycles. The van der Waals surface area contributed by atoms with Gasteiger partial charge >= 0.3 is 0 Å². The average Bonchev–Trinajstić information content (AvgIpc) is 2.72. The Morgan fingerprint density at radius 2 is 1.82 bits per heavy atom. The van der Waals surface area contributed by atoms with Gasteiger partial charge in [-0.2, -0.15) is 5.10 Å². The van der Waals surface area contributed by atoms with Gasteiger partial charge in [-0.3, -0.25) is 9.59 Å². The number of aromatic nitrogens is 2. The molecule has 0 radical (unpaired) electrons. The zero-order valence-electron chi connectivity index (χ0n) is 15.6. The minimum Gasteiger partial charge on any atom is -0.340 e. The summed E-state index contributed by atoms with van der Waals surface area (Å²) < 4.78 is 1.34. The van der Waals surface area contributed by atoms with Crippen LogP contribution in [0.25, 0.3) is 0 Å². The van der Waals surface area contributed by atoms with Crippen LogP contribution in [-0.4, -0.2) is 15.7 Å². The maximum absolute atomic E-state index is 12.9. The summed E-state index contributed by atoms with van der Waals surface area (Å²) in [6.45, 7) is 2.53. The van der Waals surface area contributed by atoms with Crippen molar-refractivity contribution in [3.05, 3.63) is 98.9 Å². The van der Waals surface area contributed by atoms with E-state index in [2.05, 4.69) is 10.4 Å². The topological polar surface area (TPSA) is 64.0 Å². The Labute approximate surface area is 169 Å². The molecule has 28 heavy (non-hydrogen) atoms. The Morgan fingerprint density at radius 1 is 1.07 bits per heavy atom. The number of nitrogens with zero attached hydrogens (tertiary/aromatic N) is 2. The summed E-state index contributed by atoms with van der Waals surface area (Å²) in [5.41, 5.74) is 1.79. The minimum absolute atomic E-state index is 0.207. The number of hydrogen-bond acceptors (Lipinski definition) is 3. The maximum Gasteiger partial charge on any atom is 0.272 e. The van der Waals surface area contributed by atoms with Gasteiger partial charge in [0.15, 0.2) is 0 Å². The highest BCUT2D eigenvalue weighted by Gasteiger charge is 2.19. The number of halogens is 1. The second kappa shape index (κ2) is 9.33. The van der Waals surface area contributed by atoms with Crippen molar-refractivity contribution < 1.29 is 4.79 Å². The van der Waals surface area contributed by atoms with Crippen molar-refractivity contribution in [2.24, 2.45) is 0 Å². The molecule has 5 nitrogen and oxygen atoms in total. The van der Waals surface area contributed by atoms with Gasteiger partial charge in [0.05, 0.1) is 6.04 Å². The normalized spacial score (nSPS) is 11.8. The first-order valence-corrected chi connectivity index (χ1v) is 9.65. The molecule has 144 valence electrons. The molecular formula is C22H22ClN3O2. The summed E-state index contributed by atoms with van der Waals surface area (Å²) in [5, 5.41) is 7.85. The molecule has 1 N–H and O–H groups in total. The molecule has 0 bridgehead atoms. The van der Waals surface area contributed by atoms with Gasteiger partial charge in [-0.1, -0.05) is 67.4 Å². The predicted octanol–water partition coefficient (Wildman–Crippen LogP) is 4.22. The molecule has 3 rings (SSSR count). The average molecular weight is 396 g/mol. The van der Waals surface area contributed by atoms with E-state index < -0.39 is 0 Å². The lowest BCUT2D eigenvalue weighted by Gasteiger charge is -2.20. The highest BCUT2D eigenvalue weighted by molar-refractivity contribution is 6.30. The van der Waals surface area contributed by atoms with Gasteiger partial charge in [-0.05, 0) is 35.7 Å². The first-order valence-electron chi connectivity index (χ1n) is 9.28. The van der Waals surface area contributed by atoms with Crippen LogP contribution in [0.15, 0.2) is 71.5 Å². The zero-order valence-corrected chi connectivity index (χ0v) is 16.4. The molecule has 0 fully saturated rings. The quantitative estimate of drug-likeness (QED) is 0.651. The molecule has 0 aliphatic heterocycles. The summed E-state index contributed by atoms with van der Waals surface area (Å²) in [6.07, 6.45) is 1.77. The van der Waals surface area contributed by atoms with E-state index in [0.29, 0.717) is 11.6 Å². The van der Waals surface area contributed by atoms with Crippen LogP contribution in [0.5, 0.6) is 0 Å². The van der Waals surface area contributed by atoms with Crippen molar-refractivity contribution in [2.45, 2.75) is 32.4 Å². The Morgan fingerprint density at radius 3 is 2.54 bits per heavy atom. The lowest BCUT2D eigenvalue weighted by atomic mass is 9.98. The number of rotatable bonds is 7. The molecule has 0 aliphatic carbocycles. The third-order valence-electron chi connectivity index (χ3n) is 4.41. The highest BCUT2D eigenvalue weighted by atomic mass is 35.5. The van der Waals surface area contributed by atoms with Gasteiger partial charge < -0.3 is 5.32 Å². The third-order valence-corrected chi connectivity index (χ3v) is 4.65. The van der Waals surface area contributed by atoms with Crippen LogP contribution >= 0.6 is 11.6 Å². The van der Waals surface area contributed by atoms with Crippen molar-refractivity contribution in [1.29, 1.82) is 0 Å². The summed E-state index contributed by atoms with van der Waals surface area (Å²) in [4.78, 5) is 24.9. The Bertz CT molecular complexity index is 1000. The minimum atomic E-state index is -0.384. The first kappa shape index (κ1) is 19.8. The van der Waals surface area contributed by atoms with Crippen LogP contribution < -0.4 is 10.9 Å². The molecule has 1 aromatic heterocycles. The molecule has 6 heteroatoms. The molecule has 1 atom stereocenters. The molecule has 0 saturated carbocycles. The van der Waals surface area contributed by atoms with E-state index in [1.807, 2.05) is 55.5 Å². The van der Waals surface area contributed by atoms with Gasteiger partial charge in [0, 0.05) is 17.6 Å². The molecule has 0 spiro atoms. The van der Waals surface area contributed by atoms with Crippen LogP contribution in [0.2, 0.25) is 5.02 Å². The van der Waals surface area contributed by atoms with Crippen LogP contribution in [0.4, 0.5) is 0 Å². The van der Waals surface area contributed by atoms with Crippen LogP contribution in [0.3, 0.4) is 0 Å². The standard InChI is InChI=1S/C22H22ClN3O2/c1-2-3-14-26-20(27)13-12-19(25-26)22(28)24-21(16-8-5-4-6-9-16)17-10-7-11-18(23)15-17/h4-13,15,21H,2-3,14H2,1H3,(H,24,28). The van der Waals surface area contributed by atoms with Crippen molar-refractivity contribution in [2.75, 3.05) is 0 Å². The van der Waals surface area contributed by atoms with Crippen LogP contribution in [0, 0.1) is 0 Å². The lowest BCUT2D eigenvalue weighted by Crippen LogP contribution is -2.32. The SMILES string of the molecule is CCCCn1nc(C(=O)NC(c2ccccc2)c2cccc(Cl)c2)ccc1=O.